The van der Waals surface area contributed by atoms with Crippen molar-refractivity contribution in [1.29, 1.82) is 0 Å². The van der Waals surface area contributed by atoms with E-state index in [9.17, 15) is 24.5 Å². The van der Waals surface area contributed by atoms with Crippen LogP contribution in [0.1, 0.15) is 25.2 Å². The smallest absolute Gasteiger partial charge is 0.273 e. The van der Waals surface area contributed by atoms with E-state index in [1.165, 1.54) is 25.3 Å². The summed E-state index contributed by atoms with van der Waals surface area (Å²) < 4.78 is 6.96. The Kier molecular flexibility index (Phi) is 5.23. The minimum Gasteiger partial charge on any atom is -0.494 e. The average molecular weight is 552 g/mol. The molecule has 1 N–H and O–H groups in total. The van der Waals surface area contributed by atoms with Crippen LogP contribution in [-0.4, -0.2) is 39.4 Å². The van der Waals surface area contributed by atoms with E-state index < -0.39 is 40.2 Å². The molecule has 3 aliphatic rings. The first kappa shape index (κ1) is 25.1. The number of anilines is 1. The highest BCUT2D eigenvalue weighted by atomic mass is 16.6. The lowest BCUT2D eigenvalue weighted by atomic mass is 9.75. The van der Waals surface area contributed by atoms with Crippen molar-refractivity contribution in [2.45, 2.75) is 25.4 Å². The van der Waals surface area contributed by atoms with Crippen LogP contribution >= 0.6 is 0 Å². The number of benzene rings is 3. The summed E-state index contributed by atoms with van der Waals surface area (Å²) in [6.45, 7) is 3.95. The van der Waals surface area contributed by atoms with Crippen LogP contribution in [0.4, 0.5) is 11.4 Å². The first-order valence-electron chi connectivity index (χ1n) is 13.3. The van der Waals surface area contributed by atoms with E-state index in [1.54, 1.807) is 28.8 Å². The average Bonchev–Trinajstić information content (AvgIpc) is 3.56. The highest BCUT2D eigenvalue weighted by molar-refractivity contribution is 6.24. The molecule has 11 nitrogen and oxygen atoms in total. The zero-order chi connectivity index (χ0) is 28.8. The van der Waals surface area contributed by atoms with E-state index in [4.69, 9.17) is 9.72 Å². The Labute approximate surface area is 233 Å². The van der Waals surface area contributed by atoms with Crippen molar-refractivity contribution in [3.05, 3.63) is 98.6 Å². The van der Waals surface area contributed by atoms with Gasteiger partial charge in [-0.15, -0.1) is 0 Å². The zero-order valence-corrected chi connectivity index (χ0v) is 22.4. The molecule has 0 unspecified atom stereocenters. The van der Waals surface area contributed by atoms with Gasteiger partial charge >= 0.3 is 0 Å². The van der Waals surface area contributed by atoms with E-state index in [1.807, 2.05) is 38.1 Å². The number of nitro benzene ring substituents is 1. The number of carbonyl (C=O) groups is 2. The van der Waals surface area contributed by atoms with Gasteiger partial charge in [0.05, 0.1) is 52.2 Å². The fourth-order valence-electron chi connectivity index (χ4n) is 6.93. The summed E-state index contributed by atoms with van der Waals surface area (Å²) in [5, 5.41) is 15.5. The zero-order valence-electron chi connectivity index (χ0n) is 22.4. The van der Waals surface area contributed by atoms with E-state index in [0.29, 0.717) is 28.0 Å². The molecular formula is C30H25N5O6. The second-order valence-electron chi connectivity index (χ2n) is 11.0. The monoisotopic (exact) mass is 551 g/mol. The van der Waals surface area contributed by atoms with E-state index >= 15 is 0 Å². The summed E-state index contributed by atoms with van der Waals surface area (Å²) in [5.74, 6) is -2.32. The van der Waals surface area contributed by atoms with Crippen LogP contribution in [0, 0.1) is 27.9 Å². The Morgan fingerprint density at radius 2 is 1.73 bits per heavy atom. The number of hydrogen-bond acceptors (Lipinski definition) is 8. The Morgan fingerprint density at radius 1 is 1.00 bits per heavy atom. The Balaban J connectivity index is 1.50. The van der Waals surface area contributed by atoms with Crippen molar-refractivity contribution < 1.29 is 19.2 Å². The molecule has 0 saturated carbocycles. The van der Waals surface area contributed by atoms with Gasteiger partial charge in [-0.3, -0.25) is 34.4 Å². The third-order valence-corrected chi connectivity index (χ3v) is 8.63. The molecule has 4 aromatic rings. The predicted octanol–water partition coefficient (Wildman–Crippen LogP) is 3.29. The Morgan fingerprint density at radius 3 is 2.46 bits per heavy atom. The number of carbonyl (C=O) groups excluding carboxylic acids is 2. The number of nitro groups is 1. The van der Waals surface area contributed by atoms with Gasteiger partial charge < -0.3 is 4.74 Å². The van der Waals surface area contributed by atoms with Gasteiger partial charge in [0.25, 0.3) is 11.2 Å². The van der Waals surface area contributed by atoms with E-state index in [0.717, 1.165) is 4.90 Å². The minimum absolute atomic E-state index is 0.0385. The first-order valence-corrected chi connectivity index (χ1v) is 13.3. The van der Waals surface area contributed by atoms with Crippen LogP contribution in [-0.2, 0) is 15.1 Å². The third-order valence-electron chi connectivity index (χ3n) is 8.63. The fraction of sp³-hybridized carbons (Fsp3) is 0.267. The quantitative estimate of drug-likeness (QED) is 0.232. The summed E-state index contributed by atoms with van der Waals surface area (Å²) in [7, 11) is 1.33. The molecule has 0 bridgehead atoms. The van der Waals surface area contributed by atoms with Crippen LogP contribution in [0.3, 0.4) is 0 Å². The number of amides is 2. The molecule has 2 fully saturated rings. The number of para-hydroxylation sites is 2. The molecule has 0 radical (unpaired) electrons. The number of nitrogens with zero attached hydrogens (tertiary/aromatic N) is 4. The van der Waals surface area contributed by atoms with Crippen molar-refractivity contribution in [2.75, 3.05) is 12.0 Å². The molecule has 7 rings (SSSR count). The van der Waals surface area contributed by atoms with Crippen molar-refractivity contribution in [3.8, 4) is 11.4 Å². The SMILES string of the molecule is COc1cc([N+](=O)[O-])ccc1N1C(=O)[C@H]2[C@H](C(C)C)N[C@@]3(c4ccccc4-n4c3nc3ccccc3c4=O)[C@H]2C1=O. The lowest BCUT2D eigenvalue weighted by Gasteiger charge is -2.32. The number of nitrogens with one attached hydrogen (secondary N) is 1. The molecular weight excluding hydrogens is 526 g/mol. The standard InChI is InChI=1S/C30H25N5O6/c1-15(2)25-23-24(28(38)33(27(23)37)21-13-12-16(35(39)40)14-22(21)41-3)30(32-25)18-9-5-7-11-20(18)34-26(36)17-8-4-6-10-19(17)31-29(30)34/h4-15,23-25,32H,1-3H3/t23-,24-,25+,30+/m1/s1. The van der Waals surface area contributed by atoms with Gasteiger partial charge in [-0.2, -0.15) is 0 Å². The maximum absolute atomic E-state index is 14.5. The molecule has 11 heteroatoms. The Hall–Kier alpha value is -4.90. The van der Waals surface area contributed by atoms with Gasteiger partial charge in [0.1, 0.15) is 17.1 Å². The van der Waals surface area contributed by atoms with E-state index in [-0.39, 0.29) is 28.6 Å². The van der Waals surface area contributed by atoms with Crippen LogP contribution < -0.4 is 20.5 Å². The summed E-state index contributed by atoms with van der Waals surface area (Å²) in [6.07, 6.45) is 0. The first-order chi connectivity index (χ1) is 19.7. The lowest BCUT2D eigenvalue weighted by Crippen LogP contribution is -2.51. The van der Waals surface area contributed by atoms with Crippen LogP contribution in [0.2, 0.25) is 0 Å². The van der Waals surface area contributed by atoms with Gasteiger partial charge in [0, 0.05) is 17.7 Å². The molecule has 0 aliphatic carbocycles. The molecule has 41 heavy (non-hydrogen) atoms. The summed E-state index contributed by atoms with van der Waals surface area (Å²) >= 11 is 0. The summed E-state index contributed by atoms with van der Waals surface area (Å²) in [6, 6.07) is 17.8. The molecule has 3 aromatic carbocycles. The molecule has 3 aliphatic heterocycles. The highest BCUT2D eigenvalue weighted by Gasteiger charge is 2.70. The fourth-order valence-corrected chi connectivity index (χ4v) is 6.93. The van der Waals surface area contributed by atoms with E-state index in [2.05, 4.69) is 5.32 Å². The normalized spacial score (nSPS) is 24.3. The molecule has 4 atom stereocenters. The number of ether oxygens (including phenoxy) is 1. The minimum atomic E-state index is -1.27. The van der Waals surface area contributed by atoms with Crippen molar-refractivity contribution >= 4 is 34.1 Å². The number of aromatic nitrogens is 2. The maximum atomic E-state index is 14.5. The lowest BCUT2D eigenvalue weighted by molar-refractivity contribution is -0.384. The van der Waals surface area contributed by atoms with Gasteiger partial charge in [-0.25, -0.2) is 9.88 Å². The third kappa shape index (κ3) is 3.12. The molecule has 4 heterocycles. The highest BCUT2D eigenvalue weighted by Crippen LogP contribution is 2.57. The number of hydrogen-bond donors (Lipinski definition) is 1. The number of rotatable bonds is 4. The Bertz CT molecular complexity index is 1880. The number of fused-ring (bicyclic) bond motifs is 8. The number of imide groups is 1. The van der Waals surface area contributed by atoms with Crippen molar-refractivity contribution in [2.24, 2.45) is 17.8 Å². The van der Waals surface area contributed by atoms with Gasteiger partial charge in [0.2, 0.25) is 11.8 Å². The molecule has 2 saturated heterocycles. The second-order valence-corrected chi connectivity index (χ2v) is 11.0. The topological polar surface area (TPSA) is 137 Å². The molecule has 206 valence electrons. The summed E-state index contributed by atoms with van der Waals surface area (Å²) in [5.41, 5.74) is 0.173. The van der Waals surface area contributed by atoms with Gasteiger partial charge in [-0.05, 0) is 30.2 Å². The maximum Gasteiger partial charge on any atom is 0.273 e. The number of methoxy groups -OCH3 is 1. The van der Waals surface area contributed by atoms with Gasteiger partial charge in [0.15, 0.2) is 0 Å². The van der Waals surface area contributed by atoms with Crippen LogP contribution in [0.15, 0.2) is 71.5 Å². The van der Waals surface area contributed by atoms with Crippen LogP contribution in [0.5, 0.6) is 5.75 Å². The molecule has 2 amide bonds. The largest absolute Gasteiger partial charge is 0.494 e. The van der Waals surface area contributed by atoms with Crippen molar-refractivity contribution in [1.82, 2.24) is 14.9 Å². The second kappa shape index (κ2) is 8.55. The van der Waals surface area contributed by atoms with Crippen molar-refractivity contribution in [3.63, 3.8) is 0 Å². The number of non-ortho nitro benzene ring substituents is 1. The van der Waals surface area contributed by atoms with Gasteiger partial charge in [-0.1, -0.05) is 44.2 Å². The van der Waals surface area contributed by atoms with Crippen LogP contribution in [0.25, 0.3) is 16.6 Å². The summed E-state index contributed by atoms with van der Waals surface area (Å²) in [4.78, 5) is 59.5. The molecule has 1 aromatic heterocycles. The molecule has 1 spiro atoms. The predicted molar refractivity (Wildman–Crippen MR) is 149 cm³/mol.